The molecule has 0 atom stereocenters. The van der Waals surface area contributed by atoms with E-state index in [1.807, 2.05) is 28.8 Å². The van der Waals surface area contributed by atoms with Gasteiger partial charge in [-0.05, 0) is 18.6 Å². The summed E-state index contributed by atoms with van der Waals surface area (Å²) in [5.41, 5.74) is 0.976. The van der Waals surface area contributed by atoms with Crippen molar-refractivity contribution in [2.24, 2.45) is 0 Å². The number of hydrogen-bond acceptors (Lipinski definition) is 2. The third-order valence-electron chi connectivity index (χ3n) is 2.44. The summed E-state index contributed by atoms with van der Waals surface area (Å²) >= 11 is 0. The first kappa shape index (κ1) is 9.93. The zero-order chi connectivity index (χ0) is 10.7. The Balaban J connectivity index is 2.56. The first-order chi connectivity index (χ1) is 7.33. The maximum atomic E-state index is 11.5. The van der Waals surface area contributed by atoms with Crippen LogP contribution >= 0.6 is 0 Å². The molecule has 1 aromatic heterocycles. The van der Waals surface area contributed by atoms with Crippen LogP contribution in [0.25, 0.3) is 10.9 Å². The minimum atomic E-state index is 0.0471. The van der Waals surface area contributed by atoms with E-state index in [4.69, 9.17) is 5.11 Å². The highest BCUT2D eigenvalue weighted by Gasteiger charge is 2.00. The summed E-state index contributed by atoms with van der Waals surface area (Å²) < 4.78 is 1.99. The van der Waals surface area contributed by atoms with Crippen molar-refractivity contribution in [3.63, 3.8) is 0 Å². The number of aryl methyl sites for hydroxylation is 1. The molecule has 2 aromatic rings. The number of benzene rings is 1. The fraction of sp³-hybridized carbons (Fsp3) is 0.250. The van der Waals surface area contributed by atoms with E-state index in [1.54, 1.807) is 12.3 Å². The van der Waals surface area contributed by atoms with Gasteiger partial charge in [-0.3, -0.25) is 4.79 Å². The van der Waals surface area contributed by atoms with Crippen LogP contribution in [0.5, 0.6) is 0 Å². The van der Waals surface area contributed by atoms with Crippen LogP contribution < -0.4 is 5.43 Å². The molecule has 0 unspecified atom stereocenters. The number of pyridine rings is 1. The van der Waals surface area contributed by atoms with Crippen LogP contribution in [0.15, 0.2) is 41.3 Å². The second-order valence-electron chi connectivity index (χ2n) is 3.47. The second-order valence-corrected chi connectivity index (χ2v) is 3.47. The van der Waals surface area contributed by atoms with Gasteiger partial charge < -0.3 is 9.67 Å². The summed E-state index contributed by atoms with van der Waals surface area (Å²) in [6.45, 7) is 0.901. The van der Waals surface area contributed by atoms with Crippen LogP contribution in [-0.4, -0.2) is 16.3 Å². The molecule has 0 aliphatic heterocycles. The molecule has 0 spiro atoms. The van der Waals surface area contributed by atoms with Crippen LogP contribution in [0.1, 0.15) is 6.42 Å². The van der Waals surface area contributed by atoms with E-state index in [1.165, 1.54) is 0 Å². The maximum Gasteiger partial charge on any atom is 0.189 e. The Morgan fingerprint density at radius 1 is 1.20 bits per heavy atom. The average Bonchev–Trinajstić information content (AvgIpc) is 2.29. The van der Waals surface area contributed by atoms with Crippen molar-refractivity contribution in [2.45, 2.75) is 13.0 Å². The van der Waals surface area contributed by atoms with E-state index >= 15 is 0 Å². The van der Waals surface area contributed by atoms with E-state index in [2.05, 4.69) is 0 Å². The van der Waals surface area contributed by atoms with Gasteiger partial charge in [-0.15, -0.1) is 0 Å². The first-order valence-corrected chi connectivity index (χ1v) is 5.02. The molecule has 0 aliphatic rings. The van der Waals surface area contributed by atoms with Crippen LogP contribution in [0, 0.1) is 0 Å². The van der Waals surface area contributed by atoms with Crippen LogP contribution in [-0.2, 0) is 6.54 Å². The fourth-order valence-corrected chi connectivity index (χ4v) is 1.70. The third kappa shape index (κ3) is 1.92. The molecule has 0 aliphatic carbocycles. The SMILES string of the molecule is O=c1ccn(CCCO)c2ccccc12. The van der Waals surface area contributed by atoms with E-state index in [9.17, 15) is 4.79 Å². The van der Waals surface area contributed by atoms with E-state index in [0.29, 0.717) is 6.42 Å². The largest absolute Gasteiger partial charge is 0.396 e. The fourth-order valence-electron chi connectivity index (χ4n) is 1.70. The standard InChI is InChI=1S/C12H13NO2/c14-9-3-7-13-8-6-12(15)10-4-1-2-5-11(10)13/h1-2,4-6,8,14H,3,7,9H2. The lowest BCUT2D eigenvalue weighted by atomic mass is 10.2. The van der Waals surface area contributed by atoms with Crippen molar-refractivity contribution < 1.29 is 5.11 Å². The summed E-state index contributed by atoms with van der Waals surface area (Å²) in [7, 11) is 0. The number of aliphatic hydroxyl groups excluding tert-OH is 1. The summed E-state index contributed by atoms with van der Waals surface area (Å²) in [6.07, 6.45) is 2.48. The minimum Gasteiger partial charge on any atom is -0.396 e. The Bertz CT molecular complexity index is 516. The zero-order valence-electron chi connectivity index (χ0n) is 8.39. The van der Waals surface area contributed by atoms with Gasteiger partial charge >= 0.3 is 0 Å². The van der Waals surface area contributed by atoms with Gasteiger partial charge in [0.1, 0.15) is 0 Å². The number of aliphatic hydroxyl groups is 1. The van der Waals surface area contributed by atoms with Gasteiger partial charge in [0.05, 0.1) is 5.52 Å². The summed E-state index contributed by atoms with van der Waals surface area (Å²) in [5.74, 6) is 0. The quantitative estimate of drug-likeness (QED) is 0.819. The molecule has 0 fully saturated rings. The molecule has 15 heavy (non-hydrogen) atoms. The van der Waals surface area contributed by atoms with Crippen molar-refractivity contribution in [3.8, 4) is 0 Å². The van der Waals surface area contributed by atoms with Gasteiger partial charge in [0, 0.05) is 30.8 Å². The highest BCUT2D eigenvalue weighted by molar-refractivity contribution is 5.78. The van der Waals surface area contributed by atoms with Crippen LogP contribution in [0.3, 0.4) is 0 Å². The summed E-state index contributed by atoms with van der Waals surface area (Å²) in [6, 6.07) is 9.10. The van der Waals surface area contributed by atoms with Crippen LogP contribution in [0.2, 0.25) is 0 Å². The predicted octanol–water partition coefficient (Wildman–Crippen LogP) is 1.38. The lowest BCUT2D eigenvalue weighted by Gasteiger charge is -2.09. The Morgan fingerprint density at radius 2 is 2.00 bits per heavy atom. The highest BCUT2D eigenvalue weighted by Crippen LogP contribution is 2.09. The van der Waals surface area contributed by atoms with Gasteiger partial charge in [-0.2, -0.15) is 0 Å². The van der Waals surface area contributed by atoms with Gasteiger partial charge in [0.15, 0.2) is 5.43 Å². The summed E-state index contributed by atoms with van der Waals surface area (Å²) in [4.78, 5) is 11.5. The normalized spacial score (nSPS) is 10.7. The number of fused-ring (bicyclic) bond motifs is 1. The van der Waals surface area contributed by atoms with E-state index in [-0.39, 0.29) is 12.0 Å². The zero-order valence-corrected chi connectivity index (χ0v) is 8.39. The molecule has 3 nitrogen and oxygen atoms in total. The molecule has 0 bridgehead atoms. The lowest BCUT2D eigenvalue weighted by molar-refractivity contribution is 0.280. The minimum absolute atomic E-state index is 0.0471. The lowest BCUT2D eigenvalue weighted by Crippen LogP contribution is -2.08. The number of nitrogens with zero attached hydrogens (tertiary/aromatic N) is 1. The van der Waals surface area contributed by atoms with Crippen molar-refractivity contribution in [1.29, 1.82) is 0 Å². The Morgan fingerprint density at radius 3 is 2.80 bits per heavy atom. The number of hydrogen-bond donors (Lipinski definition) is 1. The molecule has 1 heterocycles. The van der Waals surface area contributed by atoms with Gasteiger partial charge in [-0.1, -0.05) is 12.1 Å². The number of rotatable bonds is 3. The predicted molar refractivity (Wildman–Crippen MR) is 59.9 cm³/mol. The molecule has 1 N–H and O–H groups in total. The molecule has 78 valence electrons. The number of para-hydroxylation sites is 1. The molecule has 3 heteroatoms. The Kier molecular flexibility index (Phi) is 2.83. The molecule has 0 saturated heterocycles. The monoisotopic (exact) mass is 203 g/mol. The molecule has 0 saturated carbocycles. The maximum absolute atomic E-state index is 11.5. The van der Waals surface area contributed by atoms with Crippen LogP contribution in [0.4, 0.5) is 0 Å². The molecule has 1 aromatic carbocycles. The average molecular weight is 203 g/mol. The van der Waals surface area contributed by atoms with Crippen molar-refractivity contribution in [1.82, 2.24) is 4.57 Å². The van der Waals surface area contributed by atoms with Crippen molar-refractivity contribution >= 4 is 10.9 Å². The third-order valence-corrected chi connectivity index (χ3v) is 2.44. The van der Waals surface area contributed by atoms with E-state index < -0.39 is 0 Å². The molecular weight excluding hydrogens is 190 g/mol. The Labute approximate surface area is 87.6 Å². The molecule has 0 radical (unpaired) electrons. The topological polar surface area (TPSA) is 42.2 Å². The van der Waals surface area contributed by atoms with Crippen molar-refractivity contribution in [3.05, 3.63) is 46.8 Å². The number of aromatic nitrogens is 1. The first-order valence-electron chi connectivity index (χ1n) is 5.02. The van der Waals surface area contributed by atoms with Gasteiger partial charge in [0.2, 0.25) is 0 Å². The Hall–Kier alpha value is -1.61. The van der Waals surface area contributed by atoms with E-state index in [0.717, 1.165) is 17.4 Å². The molecule has 0 amide bonds. The van der Waals surface area contributed by atoms with Crippen molar-refractivity contribution in [2.75, 3.05) is 6.61 Å². The van der Waals surface area contributed by atoms with Gasteiger partial charge in [-0.25, -0.2) is 0 Å². The molecule has 2 rings (SSSR count). The summed E-state index contributed by atoms with van der Waals surface area (Å²) in [5, 5.41) is 9.51. The second kappa shape index (κ2) is 4.28. The highest BCUT2D eigenvalue weighted by atomic mass is 16.3. The van der Waals surface area contributed by atoms with Gasteiger partial charge in [0.25, 0.3) is 0 Å². The smallest absolute Gasteiger partial charge is 0.189 e. The molecular formula is C12H13NO2.